The van der Waals surface area contributed by atoms with Crippen LogP contribution in [0.2, 0.25) is 5.02 Å². The minimum atomic E-state index is -0.907. The van der Waals surface area contributed by atoms with E-state index in [0.29, 0.717) is 5.02 Å². The second kappa shape index (κ2) is 10.4. The molecule has 3 aromatic heterocycles. The Morgan fingerprint density at radius 1 is 1.10 bits per heavy atom. The van der Waals surface area contributed by atoms with Crippen LogP contribution in [0.25, 0.3) is 42.9 Å². The Hall–Kier alpha value is -3.26. The Bertz CT molecular complexity index is 1700. The first-order chi connectivity index (χ1) is 18.5. The molecular formula is C31H32ClN3O3S. The van der Waals surface area contributed by atoms with Gasteiger partial charge in [-0.3, -0.25) is 0 Å². The number of thiazole rings is 1. The molecule has 6 nitrogen and oxygen atoms in total. The number of rotatable bonds is 6. The van der Waals surface area contributed by atoms with Crippen molar-refractivity contribution in [2.45, 2.75) is 53.2 Å². The molecule has 0 radical (unpaired) electrons. The number of esters is 1. The van der Waals surface area contributed by atoms with Crippen LogP contribution in [0.15, 0.2) is 48.7 Å². The first-order valence-corrected chi connectivity index (χ1v) is 14.1. The minimum Gasteiger partial charge on any atom is -0.464 e. The molecule has 0 aliphatic heterocycles. The molecule has 0 bridgehead atoms. The quantitative estimate of drug-likeness (QED) is 0.195. The van der Waals surface area contributed by atoms with Crippen molar-refractivity contribution >= 4 is 50.2 Å². The molecule has 0 aliphatic rings. The van der Waals surface area contributed by atoms with E-state index in [4.69, 9.17) is 31.0 Å². The van der Waals surface area contributed by atoms with Gasteiger partial charge in [0.05, 0.1) is 22.4 Å². The zero-order valence-corrected chi connectivity index (χ0v) is 24.8. The molecular weight excluding hydrogens is 530 g/mol. The number of benzene rings is 2. The fourth-order valence-corrected chi connectivity index (χ4v) is 6.07. The molecule has 0 amide bonds. The molecule has 0 aliphatic carbocycles. The normalized spacial score (nSPS) is 12.8. The molecule has 1 atom stereocenters. The third-order valence-electron chi connectivity index (χ3n) is 6.65. The molecule has 0 saturated heterocycles. The summed E-state index contributed by atoms with van der Waals surface area (Å²) in [7, 11) is 2.02. The number of fused-ring (bicyclic) bond motifs is 2. The summed E-state index contributed by atoms with van der Waals surface area (Å²) in [5.74, 6) is -0.413. The van der Waals surface area contributed by atoms with Gasteiger partial charge >= 0.3 is 5.97 Å². The van der Waals surface area contributed by atoms with Crippen molar-refractivity contribution in [1.82, 2.24) is 14.5 Å². The van der Waals surface area contributed by atoms with Gasteiger partial charge in [0.2, 0.25) is 0 Å². The summed E-state index contributed by atoms with van der Waals surface area (Å²) in [5.41, 5.74) is 6.81. The molecule has 0 fully saturated rings. The van der Waals surface area contributed by atoms with Crippen LogP contribution >= 0.6 is 22.9 Å². The number of aryl methyl sites for hydroxylation is 3. The van der Waals surface area contributed by atoms with E-state index >= 15 is 0 Å². The van der Waals surface area contributed by atoms with Crippen molar-refractivity contribution in [1.29, 1.82) is 0 Å². The van der Waals surface area contributed by atoms with Gasteiger partial charge < -0.3 is 14.0 Å². The van der Waals surface area contributed by atoms with Crippen LogP contribution in [-0.2, 0) is 21.3 Å². The van der Waals surface area contributed by atoms with Crippen molar-refractivity contribution in [3.05, 3.63) is 70.5 Å². The monoisotopic (exact) mass is 561 g/mol. The Balaban J connectivity index is 1.77. The highest BCUT2D eigenvalue weighted by atomic mass is 35.5. The molecule has 8 heteroatoms. The van der Waals surface area contributed by atoms with E-state index in [1.807, 2.05) is 71.3 Å². The van der Waals surface area contributed by atoms with Gasteiger partial charge in [-0.15, -0.1) is 11.3 Å². The van der Waals surface area contributed by atoms with Gasteiger partial charge in [0.15, 0.2) is 6.10 Å². The lowest BCUT2D eigenvalue weighted by Gasteiger charge is -2.29. The standard InChI is InChI=1S/C31H32ClN3O3S/c1-8-37-30(36)26(38-31(4,5)6)24-17(2)13-23-27(25(24)19-9-11-22(32)12-10-19)39-29(34-23)21-15-20-14-18(3)35(7)28(20)33-16-21/h9-16,26H,8H2,1-7H3. The van der Waals surface area contributed by atoms with E-state index in [2.05, 4.69) is 23.6 Å². The van der Waals surface area contributed by atoms with Gasteiger partial charge in [-0.2, -0.15) is 0 Å². The van der Waals surface area contributed by atoms with Crippen molar-refractivity contribution in [3.8, 4) is 21.7 Å². The topological polar surface area (TPSA) is 66.2 Å². The highest BCUT2D eigenvalue weighted by molar-refractivity contribution is 7.22. The third-order valence-corrected chi connectivity index (χ3v) is 8.04. The molecule has 202 valence electrons. The van der Waals surface area contributed by atoms with Crippen LogP contribution in [0.3, 0.4) is 0 Å². The number of hydrogen-bond acceptors (Lipinski definition) is 6. The third kappa shape index (κ3) is 5.31. The molecule has 5 rings (SSSR count). The summed E-state index contributed by atoms with van der Waals surface area (Å²) in [6.07, 6.45) is 0.968. The number of carbonyl (C=O) groups excluding carboxylic acids is 1. The van der Waals surface area contributed by atoms with Crippen molar-refractivity contribution in [3.63, 3.8) is 0 Å². The van der Waals surface area contributed by atoms with Crippen LogP contribution in [0.1, 0.15) is 50.6 Å². The molecule has 39 heavy (non-hydrogen) atoms. The lowest BCUT2D eigenvalue weighted by Crippen LogP contribution is -2.29. The molecule has 1 unspecified atom stereocenters. The first kappa shape index (κ1) is 27.3. The average molecular weight is 562 g/mol. The van der Waals surface area contributed by atoms with Gasteiger partial charge in [0.1, 0.15) is 10.7 Å². The minimum absolute atomic E-state index is 0.263. The van der Waals surface area contributed by atoms with E-state index in [1.54, 1.807) is 18.3 Å². The molecule has 0 spiro atoms. The van der Waals surface area contributed by atoms with Crippen molar-refractivity contribution < 1.29 is 14.3 Å². The second-order valence-corrected chi connectivity index (χ2v) is 12.1. The smallest absolute Gasteiger partial charge is 0.339 e. The number of hydrogen-bond donors (Lipinski definition) is 0. The molecule has 0 saturated carbocycles. The van der Waals surface area contributed by atoms with Crippen LogP contribution in [0, 0.1) is 13.8 Å². The summed E-state index contributed by atoms with van der Waals surface area (Å²) in [5, 5.41) is 2.57. The van der Waals surface area contributed by atoms with Crippen LogP contribution in [-0.4, -0.2) is 32.7 Å². The van der Waals surface area contributed by atoms with Gasteiger partial charge in [0.25, 0.3) is 0 Å². The number of carbonyl (C=O) groups is 1. The lowest BCUT2D eigenvalue weighted by atomic mass is 9.91. The maximum atomic E-state index is 13.3. The van der Waals surface area contributed by atoms with Crippen LogP contribution < -0.4 is 0 Å². The number of pyridine rings is 1. The van der Waals surface area contributed by atoms with Gasteiger partial charge in [0, 0.05) is 46.0 Å². The van der Waals surface area contributed by atoms with Gasteiger partial charge in [-0.05, 0) is 83.0 Å². The van der Waals surface area contributed by atoms with Crippen molar-refractivity contribution in [2.24, 2.45) is 7.05 Å². The van der Waals surface area contributed by atoms with Crippen molar-refractivity contribution in [2.75, 3.05) is 6.61 Å². The maximum Gasteiger partial charge on any atom is 0.339 e. The van der Waals surface area contributed by atoms with E-state index in [-0.39, 0.29) is 6.61 Å². The summed E-state index contributed by atoms with van der Waals surface area (Å²) in [6, 6.07) is 14.0. The summed E-state index contributed by atoms with van der Waals surface area (Å²) in [6.45, 7) is 11.9. The van der Waals surface area contributed by atoms with Gasteiger partial charge in [-0.25, -0.2) is 14.8 Å². The number of nitrogens with zero attached hydrogens (tertiary/aromatic N) is 3. The number of aromatic nitrogens is 3. The van der Waals surface area contributed by atoms with Crippen LogP contribution in [0.5, 0.6) is 0 Å². The second-order valence-electron chi connectivity index (χ2n) is 10.7. The number of halogens is 1. The zero-order chi connectivity index (χ0) is 28.1. The molecule has 2 aromatic carbocycles. The summed E-state index contributed by atoms with van der Waals surface area (Å²) >= 11 is 7.84. The number of ether oxygens (including phenoxy) is 2. The highest BCUT2D eigenvalue weighted by Crippen LogP contribution is 2.44. The lowest BCUT2D eigenvalue weighted by molar-refractivity contribution is -0.166. The Morgan fingerprint density at radius 3 is 2.49 bits per heavy atom. The van der Waals surface area contributed by atoms with E-state index < -0.39 is 17.7 Å². The van der Waals surface area contributed by atoms with Gasteiger partial charge in [-0.1, -0.05) is 23.7 Å². The molecule has 3 heterocycles. The fourth-order valence-electron chi connectivity index (χ4n) is 4.84. The summed E-state index contributed by atoms with van der Waals surface area (Å²) in [4.78, 5) is 23.1. The Labute approximate surface area is 237 Å². The first-order valence-electron chi connectivity index (χ1n) is 12.9. The van der Waals surface area contributed by atoms with Crippen LogP contribution in [0.4, 0.5) is 0 Å². The van der Waals surface area contributed by atoms with E-state index in [1.165, 1.54) is 0 Å². The predicted molar refractivity (Wildman–Crippen MR) is 159 cm³/mol. The highest BCUT2D eigenvalue weighted by Gasteiger charge is 2.33. The fraction of sp³-hybridized carbons (Fsp3) is 0.323. The Kier molecular flexibility index (Phi) is 7.27. The van der Waals surface area contributed by atoms with E-state index in [0.717, 1.165) is 59.8 Å². The molecule has 0 N–H and O–H groups in total. The SMILES string of the molecule is CCOC(=O)C(OC(C)(C)C)c1c(C)cc2nc(-c3cnc4c(c3)cc(C)n4C)sc2c1-c1ccc(Cl)cc1. The zero-order valence-electron chi connectivity index (χ0n) is 23.3. The largest absolute Gasteiger partial charge is 0.464 e. The van der Waals surface area contributed by atoms with E-state index in [9.17, 15) is 4.79 Å². The average Bonchev–Trinajstić information content (AvgIpc) is 3.42. The molecule has 5 aromatic rings. The Morgan fingerprint density at radius 2 is 1.82 bits per heavy atom. The predicted octanol–water partition coefficient (Wildman–Crippen LogP) is 8.21. The maximum absolute atomic E-state index is 13.3. The summed E-state index contributed by atoms with van der Waals surface area (Å²) < 4.78 is 14.9.